The number of benzene rings is 1. The van der Waals surface area contributed by atoms with Crippen molar-refractivity contribution in [3.8, 4) is 11.3 Å². The maximum atomic E-state index is 10.8. The van der Waals surface area contributed by atoms with Gasteiger partial charge in [0.1, 0.15) is 0 Å². The largest absolute Gasteiger partial charge is 0.296 e. The molecule has 82 valence electrons. The monoisotopic (exact) mass is 255 g/mol. The van der Waals surface area contributed by atoms with Crippen molar-refractivity contribution in [3.63, 3.8) is 0 Å². The Labute approximate surface area is 102 Å². The van der Waals surface area contributed by atoms with E-state index in [4.69, 9.17) is 23.2 Å². The van der Waals surface area contributed by atoms with Crippen molar-refractivity contribution in [1.29, 1.82) is 0 Å². The molecule has 0 spiro atoms. The highest BCUT2D eigenvalue weighted by molar-refractivity contribution is 6.42. The molecule has 0 amide bonds. The summed E-state index contributed by atoms with van der Waals surface area (Å²) < 4.78 is 1.52. The molecule has 1 heterocycles. The van der Waals surface area contributed by atoms with Gasteiger partial charge in [0.2, 0.25) is 0 Å². The minimum atomic E-state index is 0.279. The van der Waals surface area contributed by atoms with Gasteiger partial charge in [0.25, 0.3) is 0 Å². The molecule has 2 aromatic rings. The Morgan fingerprint density at radius 3 is 2.69 bits per heavy atom. The van der Waals surface area contributed by atoms with Crippen LogP contribution in [0.2, 0.25) is 10.0 Å². The van der Waals surface area contributed by atoms with Crippen molar-refractivity contribution in [1.82, 2.24) is 15.0 Å². The molecule has 0 radical (unpaired) electrons. The number of hydrogen-bond donors (Lipinski definition) is 0. The van der Waals surface area contributed by atoms with Gasteiger partial charge < -0.3 is 0 Å². The molecule has 0 aliphatic heterocycles. The quantitative estimate of drug-likeness (QED) is 0.776. The van der Waals surface area contributed by atoms with Gasteiger partial charge in [-0.2, -0.15) is 0 Å². The number of nitrogens with zero attached hydrogens (tertiary/aromatic N) is 3. The first-order valence-corrected chi connectivity index (χ1v) is 5.19. The number of hydrogen-bond acceptors (Lipinski definition) is 3. The lowest BCUT2D eigenvalue weighted by Crippen LogP contribution is -1.95. The summed E-state index contributed by atoms with van der Waals surface area (Å²) in [6.07, 6.45) is 0.658. The lowest BCUT2D eigenvalue weighted by Gasteiger charge is -2.03. The number of carbonyl (C=O) groups excluding carboxylic acids is 1. The molecule has 0 aliphatic carbocycles. The predicted octanol–water partition coefficient (Wildman–Crippen LogP) is 2.60. The highest BCUT2D eigenvalue weighted by Gasteiger charge is 2.13. The molecule has 0 saturated heterocycles. The van der Waals surface area contributed by atoms with Gasteiger partial charge in [0, 0.05) is 12.6 Å². The second-order valence-corrected chi connectivity index (χ2v) is 4.01. The number of aldehydes is 1. The van der Waals surface area contributed by atoms with Gasteiger partial charge in [0.05, 0.1) is 15.7 Å². The Kier molecular flexibility index (Phi) is 2.94. The molecule has 1 aromatic carbocycles. The van der Waals surface area contributed by atoms with Gasteiger partial charge in [0.15, 0.2) is 12.0 Å². The van der Waals surface area contributed by atoms with Crippen molar-refractivity contribution >= 4 is 29.5 Å². The third-order valence-electron chi connectivity index (χ3n) is 2.16. The van der Waals surface area contributed by atoms with Gasteiger partial charge in [-0.05, 0) is 12.1 Å². The lowest BCUT2D eigenvalue weighted by atomic mass is 10.1. The normalized spacial score (nSPS) is 10.4. The van der Waals surface area contributed by atoms with Crippen molar-refractivity contribution < 1.29 is 4.79 Å². The molecule has 0 unspecified atom stereocenters. The molecule has 1 aromatic heterocycles. The van der Waals surface area contributed by atoms with Gasteiger partial charge in [-0.3, -0.25) is 4.79 Å². The van der Waals surface area contributed by atoms with Crippen LogP contribution in [0.1, 0.15) is 10.5 Å². The SMILES string of the molecule is Cn1nnc(C=O)c1-c1ccc(Cl)c(Cl)c1. The van der Waals surface area contributed by atoms with E-state index >= 15 is 0 Å². The third kappa shape index (κ3) is 1.81. The van der Waals surface area contributed by atoms with E-state index in [0.717, 1.165) is 5.56 Å². The van der Waals surface area contributed by atoms with Crippen LogP contribution < -0.4 is 0 Å². The number of halogens is 2. The first kappa shape index (κ1) is 11.1. The Hall–Kier alpha value is -1.39. The van der Waals surface area contributed by atoms with Crippen molar-refractivity contribution in [2.45, 2.75) is 0 Å². The highest BCUT2D eigenvalue weighted by atomic mass is 35.5. The van der Waals surface area contributed by atoms with Crippen LogP contribution >= 0.6 is 23.2 Å². The Bertz CT molecular complexity index is 551. The molecule has 6 heteroatoms. The molecule has 2 rings (SSSR count). The number of rotatable bonds is 2. The molecule has 0 fully saturated rings. The third-order valence-corrected chi connectivity index (χ3v) is 2.90. The van der Waals surface area contributed by atoms with Crippen LogP contribution in [0, 0.1) is 0 Å². The zero-order valence-electron chi connectivity index (χ0n) is 8.32. The fourth-order valence-electron chi connectivity index (χ4n) is 1.43. The number of aryl methyl sites for hydroxylation is 1. The lowest BCUT2D eigenvalue weighted by molar-refractivity contribution is 0.111. The van der Waals surface area contributed by atoms with Crippen LogP contribution in [0.5, 0.6) is 0 Å². The Morgan fingerprint density at radius 2 is 2.06 bits per heavy atom. The summed E-state index contributed by atoms with van der Waals surface area (Å²) in [5.41, 5.74) is 1.65. The minimum Gasteiger partial charge on any atom is -0.296 e. The fourth-order valence-corrected chi connectivity index (χ4v) is 1.73. The van der Waals surface area contributed by atoms with Gasteiger partial charge >= 0.3 is 0 Å². The molecule has 4 nitrogen and oxygen atoms in total. The van der Waals surface area contributed by atoms with Crippen molar-refractivity contribution in [2.24, 2.45) is 7.05 Å². The molecule has 0 atom stereocenters. The van der Waals surface area contributed by atoms with Gasteiger partial charge in [-0.15, -0.1) is 5.10 Å². The van der Waals surface area contributed by atoms with Gasteiger partial charge in [-0.1, -0.05) is 34.5 Å². The van der Waals surface area contributed by atoms with Crippen LogP contribution in [0.15, 0.2) is 18.2 Å². The summed E-state index contributed by atoms with van der Waals surface area (Å²) in [6, 6.07) is 5.11. The molecular formula is C10H7Cl2N3O. The summed E-state index contributed by atoms with van der Waals surface area (Å²) in [5, 5.41) is 8.40. The van der Waals surface area contributed by atoms with Crippen LogP contribution in [-0.4, -0.2) is 21.3 Å². The van der Waals surface area contributed by atoms with E-state index in [-0.39, 0.29) is 5.69 Å². The van der Waals surface area contributed by atoms with Gasteiger partial charge in [-0.25, -0.2) is 4.68 Å². The predicted molar refractivity (Wildman–Crippen MR) is 61.8 cm³/mol. The van der Waals surface area contributed by atoms with Crippen LogP contribution in [-0.2, 0) is 7.05 Å². The standard InChI is InChI=1S/C10H7Cl2N3O/c1-15-10(9(5-16)13-14-15)6-2-3-7(11)8(12)4-6/h2-5H,1H3. The zero-order chi connectivity index (χ0) is 11.7. The smallest absolute Gasteiger partial charge is 0.172 e. The Morgan fingerprint density at radius 1 is 1.31 bits per heavy atom. The summed E-state index contributed by atoms with van der Waals surface area (Å²) in [7, 11) is 1.71. The second-order valence-electron chi connectivity index (χ2n) is 3.19. The number of carbonyl (C=O) groups is 1. The average Bonchev–Trinajstić information content (AvgIpc) is 2.64. The van der Waals surface area contributed by atoms with Crippen LogP contribution in [0.3, 0.4) is 0 Å². The summed E-state index contributed by atoms with van der Waals surface area (Å²) in [5.74, 6) is 0. The topological polar surface area (TPSA) is 47.8 Å². The first-order valence-electron chi connectivity index (χ1n) is 4.43. The van der Waals surface area contributed by atoms with E-state index in [1.807, 2.05) is 0 Å². The van der Waals surface area contributed by atoms with E-state index in [1.165, 1.54) is 4.68 Å². The first-order chi connectivity index (χ1) is 7.63. The summed E-state index contributed by atoms with van der Waals surface area (Å²) in [6.45, 7) is 0. The molecular weight excluding hydrogens is 249 g/mol. The van der Waals surface area contributed by atoms with Crippen LogP contribution in [0.25, 0.3) is 11.3 Å². The minimum absolute atomic E-state index is 0.279. The molecule has 0 saturated carbocycles. The second kappa shape index (κ2) is 4.23. The molecule has 16 heavy (non-hydrogen) atoms. The highest BCUT2D eigenvalue weighted by Crippen LogP contribution is 2.28. The van der Waals surface area contributed by atoms with E-state index in [1.54, 1.807) is 25.2 Å². The molecule has 0 aliphatic rings. The van der Waals surface area contributed by atoms with E-state index in [2.05, 4.69) is 10.3 Å². The zero-order valence-corrected chi connectivity index (χ0v) is 9.83. The maximum Gasteiger partial charge on any atom is 0.172 e. The maximum absolute atomic E-state index is 10.8. The van der Waals surface area contributed by atoms with Crippen molar-refractivity contribution in [2.75, 3.05) is 0 Å². The molecule has 0 bridgehead atoms. The fraction of sp³-hybridized carbons (Fsp3) is 0.100. The van der Waals surface area contributed by atoms with E-state index in [9.17, 15) is 4.79 Å². The van der Waals surface area contributed by atoms with Crippen LogP contribution in [0.4, 0.5) is 0 Å². The summed E-state index contributed by atoms with van der Waals surface area (Å²) in [4.78, 5) is 10.8. The van der Waals surface area contributed by atoms with E-state index in [0.29, 0.717) is 22.0 Å². The summed E-state index contributed by atoms with van der Waals surface area (Å²) >= 11 is 11.7. The van der Waals surface area contributed by atoms with Crippen molar-refractivity contribution in [3.05, 3.63) is 33.9 Å². The Balaban J connectivity index is 2.62. The molecule has 0 N–H and O–H groups in total. The number of aromatic nitrogens is 3. The van der Waals surface area contributed by atoms with E-state index < -0.39 is 0 Å². The average molecular weight is 256 g/mol.